The number of carbonyl (C=O) groups is 1. The molecule has 6 heteroatoms. The van der Waals surface area contributed by atoms with Crippen molar-refractivity contribution in [3.63, 3.8) is 0 Å². The lowest BCUT2D eigenvalue weighted by Gasteiger charge is -2.23. The first-order valence-electron chi connectivity index (χ1n) is 7.58. The van der Waals surface area contributed by atoms with Gasteiger partial charge in [-0.1, -0.05) is 19.3 Å². The van der Waals surface area contributed by atoms with Gasteiger partial charge in [0, 0.05) is 6.04 Å². The van der Waals surface area contributed by atoms with Crippen LogP contribution in [-0.4, -0.2) is 28.9 Å². The van der Waals surface area contributed by atoms with Gasteiger partial charge in [0.05, 0.1) is 12.6 Å². The number of methoxy groups -OCH3 is 1. The summed E-state index contributed by atoms with van der Waals surface area (Å²) >= 11 is 0. The number of hydrogen-bond acceptors (Lipinski definition) is 5. The van der Waals surface area contributed by atoms with Gasteiger partial charge in [-0.3, -0.25) is 0 Å². The van der Waals surface area contributed by atoms with E-state index >= 15 is 0 Å². The molecule has 3 N–H and O–H groups in total. The predicted octanol–water partition coefficient (Wildman–Crippen LogP) is 2.75. The molecule has 1 aliphatic carbocycles. The van der Waals surface area contributed by atoms with Crippen molar-refractivity contribution >= 4 is 17.6 Å². The third kappa shape index (κ3) is 3.31. The number of carbonyl (C=O) groups excluding carboxylic acids is 1. The van der Waals surface area contributed by atoms with E-state index in [0.29, 0.717) is 23.2 Å². The maximum Gasteiger partial charge on any atom is 0.345 e. The quantitative estimate of drug-likeness (QED) is 0.838. The van der Waals surface area contributed by atoms with E-state index in [4.69, 9.17) is 10.5 Å². The van der Waals surface area contributed by atoms with Crippen LogP contribution in [0.25, 0.3) is 0 Å². The summed E-state index contributed by atoms with van der Waals surface area (Å²) in [7, 11) is 1.36. The van der Waals surface area contributed by atoms with Crippen LogP contribution < -0.4 is 11.1 Å². The molecule has 21 heavy (non-hydrogen) atoms. The van der Waals surface area contributed by atoms with Crippen molar-refractivity contribution in [3.05, 3.63) is 5.56 Å². The molecule has 0 atom stereocenters. The Balaban J connectivity index is 2.35. The smallest absolute Gasteiger partial charge is 0.345 e. The van der Waals surface area contributed by atoms with Gasteiger partial charge in [-0.25, -0.2) is 9.48 Å². The Morgan fingerprint density at radius 2 is 1.95 bits per heavy atom. The molecule has 0 spiro atoms. The standard InChI is InChI=1S/C15H26N4O2/c1-15(2,3)19-12(16)11(14(20)21-4)13(18-19)17-10-8-6-5-7-9-10/h10H,5-9,16H2,1-4H3,(H,17,18). The van der Waals surface area contributed by atoms with Gasteiger partial charge in [0.2, 0.25) is 0 Å². The van der Waals surface area contributed by atoms with Crippen LogP contribution in [0.2, 0.25) is 0 Å². The number of nitrogen functional groups attached to an aromatic ring is 1. The Bertz CT molecular complexity index is 510. The van der Waals surface area contributed by atoms with Crippen molar-refractivity contribution in [2.24, 2.45) is 0 Å². The van der Waals surface area contributed by atoms with Gasteiger partial charge in [-0.15, -0.1) is 0 Å². The SMILES string of the molecule is COC(=O)c1c(NC2CCCCC2)nn(C(C)(C)C)c1N. The summed E-state index contributed by atoms with van der Waals surface area (Å²) in [6, 6.07) is 0.352. The first kappa shape index (κ1) is 15.7. The molecule has 1 heterocycles. The van der Waals surface area contributed by atoms with Crippen LogP contribution in [0.4, 0.5) is 11.6 Å². The fourth-order valence-corrected chi connectivity index (χ4v) is 2.79. The highest BCUT2D eigenvalue weighted by atomic mass is 16.5. The average Bonchev–Trinajstić information content (AvgIpc) is 2.76. The van der Waals surface area contributed by atoms with Crippen LogP contribution in [0, 0.1) is 0 Å². The molecular weight excluding hydrogens is 268 g/mol. The summed E-state index contributed by atoms with van der Waals surface area (Å²) in [4.78, 5) is 12.0. The van der Waals surface area contributed by atoms with Crippen LogP contribution >= 0.6 is 0 Å². The molecule has 0 radical (unpaired) electrons. The first-order chi connectivity index (χ1) is 9.84. The van der Waals surface area contributed by atoms with E-state index in [0.717, 1.165) is 12.8 Å². The number of rotatable bonds is 3. The molecule has 0 bridgehead atoms. The first-order valence-corrected chi connectivity index (χ1v) is 7.58. The molecule has 1 aromatic rings. The second-order valence-corrected chi connectivity index (χ2v) is 6.66. The van der Waals surface area contributed by atoms with E-state index in [1.165, 1.54) is 26.4 Å². The largest absolute Gasteiger partial charge is 0.465 e. The van der Waals surface area contributed by atoms with Crippen molar-refractivity contribution in [1.29, 1.82) is 0 Å². The van der Waals surface area contributed by atoms with Crippen LogP contribution in [-0.2, 0) is 10.3 Å². The zero-order chi connectivity index (χ0) is 15.6. The number of aromatic nitrogens is 2. The number of nitrogens with one attached hydrogen (secondary N) is 1. The Labute approximate surface area is 126 Å². The van der Waals surface area contributed by atoms with Gasteiger partial charge in [-0.2, -0.15) is 5.10 Å². The highest BCUT2D eigenvalue weighted by Gasteiger charge is 2.29. The highest BCUT2D eigenvalue weighted by molar-refractivity contribution is 5.99. The summed E-state index contributed by atoms with van der Waals surface area (Å²) in [6.45, 7) is 6.01. The summed E-state index contributed by atoms with van der Waals surface area (Å²) in [5, 5.41) is 7.91. The summed E-state index contributed by atoms with van der Waals surface area (Å²) in [5.41, 5.74) is 6.18. The number of ether oxygens (including phenoxy) is 1. The molecule has 1 aliphatic rings. The highest BCUT2D eigenvalue weighted by Crippen LogP contribution is 2.30. The Morgan fingerprint density at radius 1 is 1.33 bits per heavy atom. The second-order valence-electron chi connectivity index (χ2n) is 6.66. The van der Waals surface area contributed by atoms with Crippen molar-refractivity contribution in [3.8, 4) is 0 Å². The summed E-state index contributed by atoms with van der Waals surface area (Å²) < 4.78 is 6.55. The van der Waals surface area contributed by atoms with E-state index in [-0.39, 0.29) is 5.54 Å². The zero-order valence-electron chi connectivity index (χ0n) is 13.4. The van der Waals surface area contributed by atoms with E-state index in [1.54, 1.807) is 4.68 Å². The van der Waals surface area contributed by atoms with Gasteiger partial charge in [0.1, 0.15) is 11.4 Å². The van der Waals surface area contributed by atoms with Crippen LogP contribution in [0.5, 0.6) is 0 Å². The fraction of sp³-hybridized carbons (Fsp3) is 0.733. The third-order valence-electron chi connectivity index (χ3n) is 3.89. The topological polar surface area (TPSA) is 82.2 Å². The molecule has 6 nitrogen and oxygen atoms in total. The molecular formula is C15H26N4O2. The average molecular weight is 294 g/mol. The van der Waals surface area contributed by atoms with Crippen molar-refractivity contribution < 1.29 is 9.53 Å². The van der Waals surface area contributed by atoms with E-state index in [9.17, 15) is 4.79 Å². The van der Waals surface area contributed by atoms with Gasteiger partial charge in [-0.05, 0) is 33.6 Å². The minimum absolute atomic E-state index is 0.292. The maximum absolute atomic E-state index is 12.0. The fourth-order valence-electron chi connectivity index (χ4n) is 2.79. The molecule has 0 saturated heterocycles. The lowest BCUT2D eigenvalue weighted by molar-refractivity contribution is 0.0603. The van der Waals surface area contributed by atoms with Gasteiger partial charge in [0.25, 0.3) is 0 Å². The van der Waals surface area contributed by atoms with Crippen LogP contribution in [0.15, 0.2) is 0 Å². The number of nitrogens with zero attached hydrogens (tertiary/aromatic N) is 2. The predicted molar refractivity (Wildman–Crippen MR) is 83.5 cm³/mol. The lowest BCUT2D eigenvalue weighted by atomic mass is 9.95. The monoisotopic (exact) mass is 294 g/mol. The molecule has 0 unspecified atom stereocenters. The number of esters is 1. The van der Waals surface area contributed by atoms with Crippen LogP contribution in [0.3, 0.4) is 0 Å². The summed E-state index contributed by atoms with van der Waals surface area (Å²) in [6.07, 6.45) is 5.90. The molecule has 0 aromatic carbocycles. The Kier molecular flexibility index (Phi) is 4.44. The van der Waals surface area contributed by atoms with Gasteiger partial charge in [0.15, 0.2) is 5.82 Å². The lowest BCUT2D eigenvalue weighted by Crippen LogP contribution is -2.26. The molecule has 118 valence electrons. The van der Waals surface area contributed by atoms with E-state index in [1.807, 2.05) is 20.8 Å². The third-order valence-corrected chi connectivity index (χ3v) is 3.89. The second kappa shape index (κ2) is 5.95. The van der Waals surface area contributed by atoms with Crippen molar-refractivity contribution in [1.82, 2.24) is 9.78 Å². The van der Waals surface area contributed by atoms with Crippen molar-refractivity contribution in [2.75, 3.05) is 18.2 Å². The molecule has 1 fully saturated rings. The molecule has 2 rings (SSSR count). The Morgan fingerprint density at radius 3 is 2.48 bits per heavy atom. The van der Waals surface area contributed by atoms with Gasteiger partial charge < -0.3 is 15.8 Å². The maximum atomic E-state index is 12.0. The minimum Gasteiger partial charge on any atom is -0.465 e. The molecule has 1 saturated carbocycles. The van der Waals surface area contributed by atoms with Crippen molar-refractivity contribution in [2.45, 2.75) is 64.5 Å². The number of anilines is 2. The zero-order valence-corrected chi connectivity index (χ0v) is 13.4. The molecule has 0 amide bonds. The Hall–Kier alpha value is -1.72. The number of hydrogen-bond donors (Lipinski definition) is 2. The molecule has 1 aromatic heterocycles. The number of nitrogens with two attached hydrogens (primary N) is 1. The summed E-state index contributed by atoms with van der Waals surface area (Å²) in [5.74, 6) is 0.454. The normalized spacial score (nSPS) is 16.8. The van der Waals surface area contributed by atoms with E-state index in [2.05, 4.69) is 10.4 Å². The molecule has 0 aliphatic heterocycles. The van der Waals surface area contributed by atoms with E-state index < -0.39 is 5.97 Å². The van der Waals surface area contributed by atoms with Gasteiger partial charge >= 0.3 is 5.97 Å². The minimum atomic E-state index is -0.443. The van der Waals surface area contributed by atoms with Crippen LogP contribution in [0.1, 0.15) is 63.2 Å².